The zero-order valence-electron chi connectivity index (χ0n) is 25.6. The van der Waals surface area contributed by atoms with Gasteiger partial charge >= 0.3 is 5.97 Å². The van der Waals surface area contributed by atoms with Crippen molar-refractivity contribution >= 4 is 35.5 Å². The van der Waals surface area contributed by atoms with E-state index in [9.17, 15) is 19.5 Å². The van der Waals surface area contributed by atoms with Gasteiger partial charge in [-0.3, -0.25) is 14.0 Å². The molecule has 1 fully saturated rings. The molecule has 0 aliphatic carbocycles. The number of aromatic nitrogens is 6. The Morgan fingerprint density at radius 1 is 1.18 bits per heavy atom. The highest BCUT2D eigenvalue weighted by atomic mass is 16.5. The van der Waals surface area contributed by atoms with E-state index in [1.807, 2.05) is 48.2 Å². The molecule has 0 bridgehead atoms. The Hall–Kier alpha value is -5.11. The number of benzene rings is 1. The molecular formula is C31H37N9O5. The number of nitrogens with one attached hydrogen (secondary N) is 1. The number of likely N-dealkylation sites (N-methyl/N-ethyl adjacent to an activating group) is 1. The van der Waals surface area contributed by atoms with Crippen molar-refractivity contribution in [2.75, 3.05) is 52.3 Å². The maximum absolute atomic E-state index is 13.9. The molecule has 1 saturated heterocycles. The van der Waals surface area contributed by atoms with Crippen LogP contribution in [-0.4, -0.2) is 98.9 Å². The molecule has 1 amide bonds. The summed E-state index contributed by atoms with van der Waals surface area (Å²) in [5, 5.41) is 24.6. The highest BCUT2D eigenvalue weighted by molar-refractivity contribution is 5.89. The predicted octanol–water partition coefficient (Wildman–Crippen LogP) is 1.89. The summed E-state index contributed by atoms with van der Waals surface area (Å²) in [5.74, 6) is 0.550. The Balaban J connectivity index is 1.45. The van der Waals surface area contributed by atoms with Crippen LogP contribution in [0.25, 0.3) is 17.8 Å². The fourth-order valence-corrected chi connectivity index (χ4v) is 5.34. The molecule has 45 heavy (non-hydrogen) atoms. The standard InChI is InChI=1S/C31H37N9O5/c1-37(2)16-13-32-28(41)17-22-5-4-14-38(19-22)29-25(30(42)39-15-12-23(31(43)44)18-27(39)33-29)10-11-26-34-35-36-40(26)20-21-6-8-24(45-3)9-7-21/h6-12,15,18,22H,4-5,13-14,16-17,19-20H2,1-3H3,(H,32,41)(H,43,44)/b11-10+. The molecule has 0 saturated carbocycles. The number of rotatable bonds is 12. The van der Waals surface area contributed by atoms with Crippen molar-refractivity contribution < 1.29 is 19.4 Å². The van der Waals surface area contributed by atoms with E-state index in [4.69, 9.17) is 9.72 Å². The van der Waals surface area contributed by atoms with Gasteiger partial charge < -0.3 is 25.0 Å². The first-order valence-electron chi connectivity index (χ1n) is 14.7. The molecule has 0 spiro atoms. The third kappa shape index (κ3) is 7.70. The van der Waals surface area contributed by atoms with Crippen LogP contribution in [0.1, 0.15) is 46.6 Å². The fraction of sp³-hybridized carbons (Fsp3) is 0.387. The number of methoxy groups -OCH3 is 1. The minimum absolute atomic E-state index is 0.00912. The van der Waals surface area contributed by atoms with Gasteiger partial charge in [0.05, 0.1) is 24.8 Å². The third-order valence-electron chi connectivity index (χ3n) is 7.72. The van der Waals surface area contributed by atoms with Gasteiger partial charge in [-0.25, -0.2) is 14.5 Å². The second-order valence-electron chi connectivity index (χ2n) is 11.3. The lowest BCUT2D eigenvalue weighted by molar-refractivity contribution is -0.122. The molecule has 4 heterocycles. The van der Waals surface area contributed by atoms with Crippen LogP contribution in [0.5, 0.6) is 5.75 Å². The lowest BCUT2D eigenvalue weighted by Crippen LogP contribution is -2.40. The molecule has 1 aliphatic rings. The summed E-state index contributed by atoms with van der Waals surface area (Å²) in [5.41, 5.74) is 1.16. The number of carboxylic acids is 1. The largest absolute Gasteiger partial charge is 0.497 e. The van der Waals surface area contributed by atoms with E-state index in [1.54, 1.807) is 23.9 Å². The Morgan fingerprint density at radius 2 is 1.98 bits per heavy atom. The molecule has 1 aliphatic heterocycles. The Morgan fingerprint density at radius 3 is 2.71 bits per heavy atom. The number of tetrazole rings is 1. The van der Waals surface area contributed by atoms with Gasteiger partial charge in [-0.2, -0.15) is 0 Å². The summed E-state index contributed by atoms with van der Waals surface area (Å²) < 4.78 is 8.18. The number of anilines is 1. The van der Waals surface area contributed by atoms with Crippen LogP contribution in [0, 0.1) is 5.92 Å². The minimum atomic E-state index is -1.11. The fourth-order valence-electron chi connectivity index (χ4n) is 5.34. The number of carbonyl (C=O) groups excluding carboxylic acids is 1. The first kappa shape index (κ1) is 31.3. The zero-order valence-corrected chi connectivity index (χ0v) is 25.6. The Labute approximate surface area is 259 Å². The van der Waals surface area contributed by atoms with Gasteiger partial charge in [-0.05, 0) is 85.3 Å². The van der Waals surface area contributed by atoms with E-state index in [0.717, 1.165) is 30.7 Å². The topological polar surface area (TPSA) is 160 Å². The molecule has 236 valence electrons. The van der Waals surface area contributed by atoms with Crippen LogP contribution in [0.4, 0.5) is 5.82 Å². The quantitative estimate of drug-likeness (QED) is 0.240. The third-order valence-corrected chi connectivity index (χ3v) is 7.72. The summed E-state index contributed by atoms with van der Waals surface area (Å²) >= 11 is 0. The van der Waals surface area contributed by atoms with Gasteiger partial charge in [-0.1, -0.05) is 12.1 Å². The van der Waals surface area contributed by atoms with Crippen LogP contribution >= 0.6 is 0 Å². The summed E-state index contributed by atoms with van der Waals surface area (Å²) in [4.78, 5) is 47.0. The van der Waals surface area contributed by atoms with Gasteiger partial charge in [0, 0.05) is 38.8 Å². The van der Waals surface area contributed by atoms with E-state index >= 15 is 0 Å². The zero-order chi connectivity index (χ0) is 31.9. The maximum Gasteiger partial charge on any atom is 0.335 e. The van der Waals surface area contributed by atoms with Crippen molar-refractivity contribution in [2.45, 2.75) is 25.8 Å². The monoisotopic (exact) mass is 615 g/mol. The maximum atomic E-state index is 13.9. The first-order valence-corrected chi connectivity index (χ1v) is 14.7. The van der Waals surface area contributed by atoms with Gasteiger partial charge in [0.1, 0.15) is 17.2 Å². The number of carboxylic acid groups (broad SMARTS) is 1. The molecule has 5 rings (SSSR count). The SMILES string of the molecule is COc1ccc(Cn2nnnc2/C=C/c2c(N3CCCC(CC(=O)NCCN(C)C)C3)nc3cc(C(=O)O)ccn3c2=O)cc1. The number of ether oxygens (including phenoxy) is 1. The lowest BCUT2D eigenvalue weighted by atomic mass is 9.94. The normalized spacial score (nSPS) is 15.2. The molecule has 1 unspecified atom stereocenters. The number of carbonyl (C=O) groups is 2. The smallest absolute Gasteiger partial charge is 0.335 e. The summed E-state index contributed by atoms with van der Waals surface area (Å²) in [6.45, 7) is 2.89. The Bertz CT molecular complexity index is 1750. The molecule has 3 aromatic heterocycles. The van der Waals surface area contributed by atoms with Crippen molar-refractivity contribution in [1.29, 1.82) is 0 Å². The average molecular weight is 616 g/mol. The van der Waals surface area contributed by atoms with E-state index in [0.29, 0.717) is 49.8 Å². The predicted molar refractivity (Wildman–Crippen MR) is 168 cm³/mol. The highest BCUT2D eigenvalue weighted by Crippen LogP contribution is 2.27. The molecule has 14 heteroatoms. The van der Waals surface area contributed by atoms with E-state index in [2.05, 4.69) is 20.8 Å². The number of piperidine rings is 1. The summed E-state index contributed by atoms with van der Waals surface area (Å²) in [6.07, 6.45) is 6.79. The Kier molecular flexibility index (Phi) is 9.82. The van der Waals surface area contributed by atoms with Crippen molar-refractivity contribution in [2.24, 2.45) is 5.92 Å². The molecule has 4 aromatic rings. The van der Waals surface area contributed by atoms with Crippen LogP contribution in [0.15, 0.2) is 47.4 Å². The highest BCUT2D eigenvalue weighted by Gasteiger charge is 2.26. The van der Waals surface area contributed by atoms with Crippen LogP contribution in [-0.2, 0) is 11.3 Å². The number of pyridine rings is 1. The van der Waals surface area contributed by atoms with E-state index in [1.165, 1.54) is 22.7 Å². The van der Waals surface area contributed by atoms with Crippen LogP contribution in [0.2, 0.25) is 0 Å². The lowest BCUT2D eigenvalue weighted by Gasteiger charge is -2.34. The molecular weight excluding hydrogens is 578 g/mol. The van der Waals surface area contributed by atoms with Gasteiger partial charge in [-0.15, -0.1) is 5.10 Å². The molecule has 14 nitrogen and oxygen atoms in total. The van der Waals surface area contributed by atoms with Crippen molar-refractivity contribution in [1.82, 2.24) is 39.8 Å². The molecule has 1 aromatic carbocycles. The van der Waals surface area contributed by atoms with Gasteiger partial charge in [0.15, 0.2) is 5.82 Å². The van der Waals surface area contributed by atoms with Crippen molar-refractivity contribution in [3.63, 3.8) is 0 Å². The van der Waals surface area contributed by atoms with E-state index in [-0.39, 0.29) is 28.6 Å². The van der Waals surface area contributed by atoms with Gasteiger partial charge in [0.2, 0.25) is 5.91 Å². The summed E-state index contributed by atoms with van der Waals surface area (Å²) in [7, 11) is 5.52. The molecule has 2 N–H and O–H groups in total. The number of nitrogens with zero attached hydrogens (tertiary/aromatic N) is 8. The van der Waals surface area contributed by atoms with Gasteiger partial charge in [0.25, 0.3) is 5.56 Å². The van der Waals surface area contributed by atoms with Crippen LogP contribution < -0.4 is 20.5 Å². The molecule has 0 radical (unpaired) electrons. The number of aromatic carboxylic acids is 1. The average Bonchev–Trinajstić information content (AvgIpc) is 3.47. The van der Waals surface area contributed by atoms with Crippen molar-refractivity contribution in [3.8, 4) is 5.75 Å². The summed E-state index contributed by atoms with van der Waals surface area (Å²) in [6, 6.07) is 10.3. The second-order valence-corrected chi connectivity index (χ2v) is 11.3. The first-order chi connectivity index (χ1) is 21.7. The second kappa shape index (κ2) is 14.1. The van der Waals surface area contributed by atoms with Crippen LogP contribution in [0.3, 0.4) is 0 Å². The number of fused-ring (bicyclic) bond motifs is 1. The number of hydrogen-bond donors (Lipinski definition) is 2. The van der Waals surface area contributed by atoms with Crippen molar-refractivity contribution in [3.05, 3.63) is 75.5 Å². The van der Waals surface area contributed by atoms with E-state index < -0.39 is 5.97 Å². The number of amides is 1. The number of hydrogen-bond acceptors (Lipinski definition) is 10. The molecule has 1 atom stereocenters. The minimum Gasteiger partial charge on any atom is -0.497 e.